The lowest BCUT2D eigenvalue weighted by atomic mass is 10.2. The van der Waals surface area contributed by atoms with Gasteiger partial charge in [0.25, 0.3) is 5.91 Å². The molecule has 0 aliphatic carbocycles. The van der Waals surface area contributed by atoms with Crippen LogP contribution in [0.1, 0.15) is 24.5 Å². The molecular weight excluding hydrogens is 330 g/mol. The molecule has 6 heteroatoms. The van der Waals surface area contributed by atoms with Crippen LogP contribution in [0.5, 0.6) is 5.75 Å². The van der Waals surface area contributed by atoms with Crippen molar-refractivity contribution < 1.29 is 14.3 Å². The highest BCUT2D eigenvalue weighted by atomic mass is 16.5. The fourth-order valence-electron chi connectivity index (χ4n) is 2.25. The number of nitrogens with one attached hydrogen (secondary N) is 2. The van der Waals surface area contributed by atoms with Gasteiger partial charge < -0.3 is 10.1 Å². The second-order valence-electron chi connectivity index (χ2n) is 6.03. The van der Waals surface area contributed by atoms with Gasteiger partial charge in [-0.25, -0.2) is 5.43 Å². The van der Waals surface area contributed by atoms with Crippen molar-refractivity contribution in [1.29, 1.82) is 0 Å². The number of aryl methyl sites for hydroxylation is 2. The molecule has 0 heterocycles. The average molecular weight is 353 g/mol. The Morgan fingerprint density at radius 2 is 1.81 bits per heavy atom. The number of anilines is 1. The molecule has 2 amide bonds. The number of amides is 2. The number of hydrogen-bond donors (Lipinski definition) is 2. The standard InChI is InChI=1S/C20H23N3O3/c1-14-7-6-9-17(11-14)21-19(24)12-16(3)22-23-20(25)13-26-18-10-5-4-8-15(18)2/h4-11H,12-13H2,1-3H3,(H,21,24)(H,23,25)/b22-16-. The van der Waals surface area contributed by atoms with E-state index in [0.29, 0.717) is 11.5 Å². The van der Waals surface area contributed by atoms with Crippen LogP contribution in [0.3, 0.4) is 0 Å². The number of ether oxygens (including phenoxy) is 1. The summed E-state index contributed by atoms with van der Waals surface area (Å²) in [6.07, 6.45) is 0.0902. The first-order valence-electron chi connectivity index (χ1n) is 8.31. The zero-order valence-electron chi connectivity index (χ0n) is 15.2. The summed E-state index contributed by atoms with van der Waals surface area (Å²) in [6, 6.07) is 15.0. The molecule has 0 atom stereocenters. The lowest BCUT2D eigenvalue weighted by molar-refractivity contribution is -0.123. The Morgan fingerprint density at radius 1 is 1.04 bits per heavy atom. The van der Waals surface area contributed by atoms with Crippen LogP contribution in [-0.2, 0) is 9.59 Å². The predicted molar refractivity (Wildman–Crippen MR) is 102 cm³/mol. The number of carbonyl (C=O) groups is 2. The molecule has 2 rings (SSSR count). The van der Waals surface area contributed by atoms with Crippen LogP contribution in [0.15, 0.2) is 53.6 Å². The zero-order chi connectivity index (χ0) is 18.9. The van der Waals surface area contributed by atoms with E-state index >= 15 is 0 Å². The van der Waals surface area contributed by atoms with Crippen molar-refractivity contribution in [2.24, 2.45) is 5.10 Å². The summed E-state index contributed by atoms with van der Waals surface area (Å²) in [5, 5.41) is 6.73. The van der Waals surface area contributed by atoms with Gasteiger partial charge in [0, 0.05) is 11.4 Å². The van der Waals surface area contributed by atoms with E-state index < -0.39 is 0 Å². The van der Waals surface area contributed by atoms with Gasteiger partial charge in [0.2, 0.25) is 5.91 Å². The molecule has 2 N–H and O–H groups in total. The van der Waals surface area contributed by atoms with E-state index in [1.165, 1.54) is 0 Å². The molecule has 0 aliphatic heterocycles. The third-order valence-corrected chi connectivity index (χ3v) is 3.54. The maximum atomic E-state index is 12.0. The van der Waals surface area contributed by atoms with Crippen molar-refractivity contribution in [3.05, 3.63) is 59.7 Å². The predicted octanol–water partition coefficient (Wildman–Crippen LogP) is 3.20. The molecule has 0 radical (unpaired) electrons. The van der Waals surface area contributed by atoms with Gasteiger partial charge in [-0.1, -0.05) is 30.3 Å². The number of benzene rings is 2. The van der Waals surface area contributed by atoms with Gasteiger partial charge >= 0.3 is 0 Å². The van der Waals surface area contributed by atoms with E-state index in [1.807, 2.05) is 56.3 Å². The lowest BCUT2D eigenvalue weighted by Gasteiger charge is -2.08. The van der Waals surface area contributed by atoms with Crippen molar-refractivity contribution >= 4 is 23.2 Å². The van der Waals surface area contributed by atoms with E-state index in [4.69, 9.17) is 4.74 Å². The Kier molecular flexibility index (Phi) is 6.91. The van der Waals surface area contributed by atoms with Crippen LogP contribution in [0.25, 0.3) is 0 Å². The molecule has 6 nitrogen and oxygen atoms in total. The second-order valence-corrected chi connectivity index (χ2v) is 6.03. The molecule has 136 valence electrons. The summed E-state index contributed by atoms with van der Waals surface area (Å²) < 4.78 is 5.44. The molecule has 0 fully saturated rings. The topological polar surface area (TPSA) is 79.8 Å². The van der Waals surface area contributed by atoms with Crippen LogP contribution >= 0.6 is 0 Å². The quantitative estimate of drug-likeness (QED) is 0.592. The average Bonchev–Trinajstić information content (AvgIpc) is 2.59. The number of hydrogen-bond acceptors (Lipinski definition) is 4. The smallest absolute Gasteiger partial charge is 0.277 e. The van der Waals surface area contributed by atoms with Crippen molar-refractivity contribution in [2.45, 2.75) is 27.2 Å². The molecule has 0 aliphatic rings. The van der Waals surface area contributed by atoms with E-state index in [2.05, 4.69) is 15.8 Å². The maximum absolute atomic E-state index is 12.0. The molecule has 0 spiro atoms. The van der Waals surface area contributed by atoms with E-state index in [0.717, 1.165) is 16.8 Å². The lowest BCUT2D eigenvalue weighted by Crippen LogP contribution is -2.26. The van der Waals surface area contributed by atoms with Gasteiger partial charge in [-0.2, -0.15) is 5.10 Å². The minimum absolute atomic E-state index is 0.0902. The number of para-hydroxylation sites is 1. The monoisotopic (exact) mass is 353 g/mol. The maximum Gasteiger partial charge on any atom is 0.277 e. The molecule has 0 aromatic heterocycles. The molecule has 0 saturated heterocycles. The van der Waals surface area contributed by atoms with E-state index in [-0.39, 0.29) is 24.8 Å². The van der Waals surface area contributed by atoms with Crippen molar-refractivity contribution in [2.75, 3.05) is 11.9 Å². The van der Waals surface area contributed by atoms with Crippen LogP contribution < -0.4 is 15.5 Å². The van der Waals surface area contributed by atoms with Crippen molar-refractivity contribution in [3.8, 4) is 5.75 Å². The van der Waals surface area contributed by atoms with Crippen LogP contribution in [0.4, 0.5) is 5.69 Å². The summed E-state index contributed by atoms with van der Waals surface area (Å²) in [5.74, 6) is 0.0786. The SMILES string of the molecule is C/C(CC(=O)Nc1cccc(C)c1)=N/NC(=O)COc1ccccc1C. The molecular formula is C20H23N3O3. The van der Waals surface area contributed by atoms with E-state index in [1.54, 1.807) is 13.0 Å². The highest BCUT2D eigenvalue weighted by Gasteiger charge is 2.07. The number of carbonyl (C=O) groups excluding carboxylic acids is 2. The first kappa shape index (κ1) is 19.2. The fourth-order valence-corrected chi connectivity index (χ4v) is 2.25. The third-order valence-electron chi connectivity index (χ3n) is 3.54. The third kappa shape index (κ3) is 6.39. The highest BCUT2D eigenvalue weighted by Crippen LogP contribution is 2.15. The Morgan fingerprint density at radius 3 is 2.54 bits per heavy atom. The summed E-state index contributed by atoms with van der Waals surface area (Å²) in [4.78, 5) is 23.8. The molecule has 26 heavy (non-hydrogen) atoms. The second kappa shape index (κ2) is 9.36. The number of hydrazone groups is 1. The van der Waals surface area contributed by atoms with Gasteiger partial charge in [0.1, 0.15) is 5.75 Å². The summed E-state index contributed by atoms with van der Waals surface area (Å²) in [6.45, 7) is 5.40. The van der Waals surface area contributed by atoms with Gasteiger partial charge in [-0.3, -0.25) is 9.59 Å². The normalized spacial score (nSPS) is 11.0. The Labute approximate surface area is 153 Å². The summed E-state index contributed by atoms with van der Waals surface area (Å²) in [5.41, 5.74) is 5.64. The first-order valence-corrected chi connectivity index (χ1v) is 8.31. The number of nitrogens with zero attached hydrogens (tertiary/aromatic N) is 1. The molecule has 0 saturated carbocycles. The fraction of sp³-hybridized carbons (Fsp3) is 0.250. The van der Waals surface area contributed by atoms with Gasteiger partial charge in [0.15, 0.2) is 6.61 Å². The minimum atomic E-state index is -0.383. The Hall–Kier alpha value is -3.15. The zero-order valence-corrected chi connectivity index (χ0v) is 15.2. The highest BCUT2D eigenvalue weighted by molar-refractivity contribution is 6.05. The van der Waals surface area contributed by atoms with E-state index in [9.17, 15) is 9.59 Å². The van der Waals surface area contributed by atoms with Crippen molar-refractivity contribution in [3.63, 3.8) is 0 Å². The molecule has 0 unspecified atom stereocenters. The van der Waals surface area contributed by atoms with Gasteiger partial charge in [-0.05, 0) is 50.1 Å². The van der Waals surface area contributed by atoms with Crippen LogP contribution in [0.2, 0.25) is 0 Å². The number of rotatable bonds is 7. The molecule has 2 aromatic rings. The Balaban J connectivity index is 1.77. The largest absolute Gasteiger partial charge is 0.483 e. The van der Waals surface area contributed by atoms with Crippen LogP contribution in [0, 0.1) is 13.8 Å². The first-order chi connectivity index (χ1) is 12.4. The molecule has 2 aromatic carbocycles. The van der Waals surface area contributed by atoms with Crippen LogP contribution in [-0.4, -0.2) is 24.1 Å². The minimum Gasteiger partial charge on any atom is -0.483 e. The van der Waals surface area contributed by atoms with Gasteiger partial charge in [0.05, 0.1) is 6.42 Å². The summed E-state index contributed by atoms with van der Waals surface area (Å²) >= 11 is 0. The summed E-state index contributed by atoms with van der Waals surface area (Å²) in [7, 11) is 0. The Bertz CT molecular complexity index is 815. The van der Waals surface area contributed by atoms with Gasteiger partial charge in [-0.15, -0.1) is 0 Å². The van der Waals surface area contributed by atoms with Crippen molar-refractivity contribution in [1.82, 2.24) is 5.43 Å². The molecule has 0 bridgehead atoms.